The van der Waals surface area contributed by atoms with Gasteiger partial charge in [0.15, 0.2) is 5.13 Å². The van der Waals surface area contributed by atoms with Gasteiger partial charge in [0, 0.05) is 30.4 Å². The number of rotatable bonds is 2. The van der Waals surface area contributed by atoms with E-state index in [0.717, 1.165) is 16.1 Å². The second-order valence-electron chi connectivity index (χ2n) is 5.36. The van der Waals surface area contributed by atoms with E-state index in [4.69, 9.17) is 5.73 Å². The van der Waals surface area contributed by atoms with Crippen molar-refractivity contribution in [1.29, 1.82) is 0 Å². The molecule has 0 amide bonds. The van der Waals surface area contributed by atoms with Gasteiger partial charge in [-0.3, -0.25) is 4.68 Å². The topological polar surface area (TPSA) is 77.0 Å². The standard InChI is InChI=1S/C12H18N4OS/c1-12(2,3)10-7(6-16(4)15-10)9(17)8-5-14-11(13)18-8/h5-6,9,17H,1-4H3,(H2,13,14). The summed E-state index contributed by atoms with van der Waals surface area (Å²) in [5.74, 6) is 0. The number of nitrogens with two attached hydrogens (primary N) is 1. The summed E-state index contributed by atoms with van der Waals surface area (Å²) in [6.45, 7) is 6.23. The first-order chi connectivity index (χ1) is 8.29. The van der Waals surface area contributed by atoms with Crippen LogP contribution in [0.3, 0.4) is 0 Å². The maximum absolute atomic E-state index is 10.4. The fourth-order valence-corrected chi connectivity index (χ4v) is 2.56. The summed E-state index contributed by atoms with van der Waals surface area (Å²) in [6, 6.07) is 0. The number of aromatic nitrogens is 3. The largest absolute Gasteiger partial charge is 0.383 e. The number of nitrogens with zero attached hydrogens (tertiary/aromatic N) is 3. The lowest BCUT2D eigenvalue weighted by molar-refractivity contribution is 0.221. The molecular formula is C12H18N4OS. The van der Waals surface area contributed by atoms with Crippen LogP contribution in [-0.2, 0) is 12.5 Å². The van der Waals surface area contributed by atoms with Crippen LogP contribution >= 0.6 is 11.3 Å². The number of aryl methyl sites for hydroxylation is 1. The molecule has 5 nitrogen and oxygen atoms in total. The van der Waals surface area contributed by atoms with Crippen molar-refractivity contribution in [2.75, 3.05) is 5.73 Å². The molecule has 18 heavy (non-hydrogen) atoms. The highest BCUT2D eigenvalue weighted by Gasteiger charge is 2.27. The van der Waals surface area contributed by atoms with Crippen molar-refractivity contribution in [3.05, 3.63) is 28.5 Å². The van der Waals surface area contributed by atoms with E-state index in [9.17, 15) is 5.11 Å². The maximum atomic E-state index is 10.4. The summed E-state index contributed by atoms with van der Waals surface area (Å²) < 4.78 is 1.73. The van der Waals surface area contributed by atoms with Gasteiger partial charge < -0.3 is 10.8 Å². The molecule has 0 radical (unpaired) electrons. The number of hydrogen-bond acceptors (Lipinski definition) is 5. The van der Waals surface area contributed by atoms with E-state index >= 15 is 0 Å². The highest BCUT2D eigenvalue weighted by atomic mass is 32.1. The van der Waals surface area contributed by atoms with Crippen LogP contribution in [0.5, 0.6) is 0 Å². The second-order valence-corrected chi connectivity index (χ2v) is 6.45. The lowest BCUT2D eigenvalue weighted by Crippen LogP contribution is -2.16. The average Bonchev–Trinajstić information content (AvgIpc) is 2.82. The first-order valence-electron chi connectivity index (χ1n) is 5.72. The molecule has 2 aromatic rings. The molecule has 0 spiro atoms. The molecule has 1 atom stereocenters. The minimum atomic E-state index is -0.720. The van der Waals surface area contributed by atoms with Gasteiger partial charge in [-0.1, -0.05) is 32.1 Å². The number of aliphatic hydroxyl groups excluding tert-OH is 1. The van der Waals surface area contributed by atoms with E-state index in [2.05, 4.69) is 30.9 Å². The van der Waals surface area contributed by atoms with Crippen molar-refractivity contribution < 1.29 is 5.11 Å². The Hall–Kier alpha value is -1.40. The van der Waals surface area contributed by atoms with Gasteiger partial charge in [-0.15, -0.1) is 0 Å². The maximum Gasteiger partial charge on any atom is 0.180 e. The summed E-state index contributed by atoms with van der Waals surface area (Å²) in [7, 11) is 1.85. The molecule has 0 aromatic carbocycles. The molecule has 0 bridgehead atoms. The SMILES string of the molecule is Cn1cc(C(O)c2cnc(N)s2)c(C(C)(C)C)n1. The minimum Gasteiger partial charge on any atom is -0.383 e. The van der Waals surface area contributed by atoms with Crippen molar-refractivity contribution >= 4 is 16.5 Å². The van der Waals surface area contributed by atoms with Gasteiger partial charge in [0.2, 0.25) is 0 Å². The van der Waals surface area contributed by atoms with E-state index < -0.39 is 6.10 Å². The lowest BCUT2D eigenvalue weighted by atomic mass is 9.88. The third-order valence-electron chi connectivity index (χ3n) is 2.67. The van der Waals surface area contributed by atoms with Gasteiger partial charge in [0.25, 0.3) is 0 Å². The summed E-state index contributed by atoms with van der Waals surface area (Å²) in [4.78, 5) is 4.71. The molecule has 2 heterocycles. The summed E-state index contributed by atoms with van der Waals surface area (Å²) in [5, 5.41) is 15.3. The van der Waals surface area contributed by atoms with E-state index in [-0.39, 0.29) is 5.41 Å². The van der Waals surface area contributed by atoms with Crippen LogP contribution in [0.1, 0.15) is 43.0 Å². The Kier molecular flexibility index (Phi) is 3.16. The van der Waals surface area contributed by atoms with Gasteiger partial charge >= 0.3 is 0 Å². The van der Waals surface area contributed by atoms with Gasteiger partial charge in [0.1, 0.15) is 6.10 Å². The zero-order valence-electron chi connectivity index (χ0n) is 11.0. The molecule has 2 rings (SSSR count). The zero-order chi connectivity index (χ0) is 13.5. The molecule has 0 saturated carbocycles. The van der Waals surface area contributed by atoms with Crippen LogP contribution in [0.4, 0.5) is 5.13 Å². The monoisotopic (exact) mass is 266 g/mol. The first-order valence-corrected chi connectivity index (χ1v) is 6.54. The van der Waals surface area contributed by atoms with Crippen molar-refractivity contribution in [2.24, 2.45) is 7.05 Å². The molecule has 0 aliphatic heterocycles. The molecule has 0 fully saturated rings. The van der Waals surface area contributed by atoms with Crippen LogP contribution in [-0.4, -0.2) is 19.9 Å². The molecule has 1 unspecified atom stereocenters. The molecular weight excluding hydrogens is 248 g/mol. The number of nitrogen functional groups attached to an aromatic ring is 1. The van der Waals surface area contributed by atoms with Crippen LogP contribution in [0.25, 0.3) is 0 Å². The molecule has 0 saturated heterocycles. The smallest absolute Gasteiger partial charge is 0.180 e. The Labute approximate surface area is 110 Å². The van der Waals surface area contributed by atoms with E-state index in [0.29, 0.717) is 5.13 Å². The van der Waals surface area contributed by atoms with E-state index in [1.807, 2.05) is 13.2 Å². The van der Waals surface area contributed by atoms with Crippen molar-refractivity contribution in [2.45, 2.75) is 32.3 Å². The highest BCUT2D eigenvalue weighted by molar-refractivity contribution is 7.15. The third kappa shape index (κ3) is 2.39. The number of anilines is 1. The van der Waals surface area contributed by atoms with Crippen molar-refractivity contribution in [3.8, 4) is 0 Å². The zero-order valence-corrected chi connectivity index (χ0v) is 11.8. The third-order valence-corrected chi connectivity index (χ3v) is 3.55. The van der Waals surface area contributed by atoms with Crippen LogP contribution in [0, 0.1) is 0 Å². The Morgan fingerprint density at radius 2 is 2.11 bits per heavy atom. The van der Waals surface area contributed by atoms with Gasteiger partial charge in [-0.05, 0) is 0 Å². The lowest BCUT2D eigenvalue weighted by Gasteiger charge is -2.19. The van der Waals surface area contributed by atoms with E-state index in [1.54, 1.807) is 10.9 Å². The number of aliphatic hydroxyl groups is 1. The Morgan fingerprint density at radius 3 is 2.61 bits per heavy atom. The molecule has 6 heteroatoms. The quantitative estimate of drug-likeness (QED) is 0.869. The molecule has 3 N–H and O–H groups in total. The highest BCUT2D eigenvalue weighted by Crippen LogP contribution is 2.34. The molecule has 2 aromatic heterocycles. The number of thiazole rings is 1. The van der Waals surface area contributed by atoms with E-state index in [1.165, 1.54) is 11.3 Å². The Morgan fingerprint density at radius 1 is 1.44 bits per heavy atom. The fraction of sp³-hybridized carbons (Fsp3) is 0.500. The Bertz CT molecular complexity index is 553. The van der Waals surface area contributed by atoms with Crippen molar-refractivity contribution in [1.82, 2.24) is 14.8 Å². The minimum absolute atomic E-state index is 0.117. The number of hydrogen-bond donors (Lipinski definition) is 2. The predicted molar refractivity (Wildman–Crippen MR) is 72.5 cm³/mol. The van der Waals surface area contributed by atoms with Crippen LogP contribution in [0.2, 0.25) is 0 Å². The summed E-state index contributed by atoms with van der Waals surface area (Å²) in [5.41, 5.74) is 7.19. The first kappa shape index (κ1) is 13.0. The second kappa shape index (κ2) is 4.37. The fourth-order valence-electron chi connectivity index (χ4n) is 1.87. The van der Waals surface area contributed by atoms with Crippen LogP contribution < -0.4 is 5.73 Å². The van der Waals surface area contributed by atoms with Crippen LogP contribution in [0.15, 0.2) is 12.4 Å². The predicted octanol–water partition coefficient (Wildman–Crippen LogP) is 1.84. The molecule has 0 aliphatic carbocycles. The normalized spacial score (nSPS) is 13.8. The molecule has 0 aliphatic rings. The Balaban J connectivity index is 2.45. The van der Waals surface area contributed by atoms with Gasteiger partial charge in [0.05, 0.1) is 10.6 Å². The average molecular weight is 266 g/mol. The van der Waals surface area contributed by atoms with Gasteiger partial charge in [-0.2, -0.15) is 5.10 Å². The van der Waals surface area contributed by atoms with Gasteiger partial charge in [-0.25, -0.2) is 4.98 Å². The summed E-state index contributed by atoms with van der Waals surface area (Å²) in [6.07, 6.45) is 2.74. The summed E-state index contributed by atoms with van der Waals surface area (Å²) >= 11 is 1.30. The van der Waals surface area contributed by atoms with Crippen molar-refractivity contribution in [3.63, 3.8) is 0 Å². The molecule has 98 valence electrons.